The van der Waals surface area contributed by atoms with Crippen LogP contribution in [0.5, 0.6) is 0 Å². The monoisotopic (exact) mass is 396 g/mol. The summed E-state index contributed by atoms with van der Waals surface area (Å²) in [5.74, 6) is 0.896. The summed E-state index contributed by atoms with van der Waals surface area (Å²) in [6, 6.07) is 16.1. The molecule has 2 aromatic carbocycles. The van der Waals surface area contributed by atoms with E-state index in [4.69, 9.17) is 0 Å². The molecule has 0 spiro atoms. The summed E-state index contributed by atoms with van der Waals surface area (Å²) >= 11 is 0. The smallest absolute Gasteiger partial charge is 0.279 e. The molecule has 0 saturated carbocycles. The van der Waals surface area contributed by atoms with Crippen molar-refractivity contribution in [1.82, 2.24) is 0 Å². The lowest BCUT2D eigenvalue weighted by atomic mass is 9.94. The average molecular weight is 397 g/mol. The molecule has 29 heavy (non-hydrogen) atoms. The molecular weight excluding hydrogens is 362 g/mol. The molecule has 0 radical (unpaired) electrons. The molecule has 156 valence electrons. The molecule has 0 aliphatic carbocycles. The molecule has 2 amide bonds. The summed E-state index contributed by atoms with van der Waals surface area (Å²) in [6.07, 6.45) is 1.08. The predicted molar refractivity (Wildman–Crippen MR) is 119 cm³/mol. The average Bonchev–Trinajstić information content (AvgIpc) is 2.63. The van der Waals surface area contributed by atoms with E-state index in [1.165, 1.54) is 18.1 Å². The third kappa shape index (κ3) is 7.70. The lowest BCUT2D eigenvalue weighted by Crippen LogP contribution is -2.88. The van der Waals surface area contributed by atoms with Gasteiger partial charge in [-0.15, -0.1) is 0 Å². The van der Waals surface area contributed by atoms with Crippen LogP contribution < -0.4 is 16.0 Å². The fourth-order valence-corrected chi connectivity index (χ4v) is 3.43. The van der Waals surface area contributed by atoms with Gasteiger partial charge in [0.05, 0.1) is 0 Å². The van der Waals surface area contributed by atoms with E-state index in [2.05, 4.69) is 67.9 Å². The Balaban J connectivity index is 1.92. The summed E-state index contributed by atoms with van der Waals surface area (Å²) in [5, 5.41) is 7.73. The van der Waals surface area contributed by atoms with E-state index < -0.39 is 0 Å². The van der Waals surface area contributed by atoms with Crippen LogP contribution in [-0.4, -0.2) is 18.4 Å². The minimum absolute atomic E-state index is 0.0423. The van der Waals surface area contributed by atoms with Gasteiger partial charge in [-0.3, -0.25) is 9.59 Å². The van der Waals surface area contributed by atoms with E-state index in [1.54, 1.807) is 24.3 Å². The number of nitrogens with one attached hydrogen (secondary N) is 2. The van der Waals surface area contributed by atoms with Gasteiger partial charge in [0.15, 0.2) is 6.54 Å². The number of quaternary nitrogens is 1. The molecule has 0 unspecified atom stereocenters. The molecule has 0 aromatic heterocycles. The van der Waals surface area contributed by atoms with Gasteiger partial charge in [-0.25, -0.2) is 0 Å². The number of benzene rings is 2. The number of hydrogen-bond acceptors (Lipinski definition) is 2. The fourth-order valence-electron chi connectivity index (χ4n) is 3.43. The molecule has 2 aromatic rings. The van der Waals surface area contributed by atoms with E-state index in [9.17, 15) is 9.59 Å². The minimum Gasteiger partial charge on any atom is -0.332 e. The van der Waals surface area contributed by atoms with Crippen LogP contribution in [0, 0.1) is 11.8 Å². The molecule has 5 heteroatoms. The number of anilines is 2. The highest BCUT2D eigenvalue weighted by molar-refractivity contribution is 5.92. The predicted octanol–water partition coefficient (Wildman–Crippen LogP) is 3.74. The molecule has 0 heterocycles. The minimum atomic E-state index is -0.117. The van der Waals surface area contributed by atoms with Crippen molar-refractivity contribution in [1.29, 1.82) is 0 Å². The van der Waals surface area contributed by atoms with Crippen LogP contribution in [0.4, 0.5) is 11.4 Å². The Morgan fingerprint density at radius 1 is 0.862 bits per heavy atom. The maximum Gasteiger partial charge on any atom is 0.279 e. The Labute approximate surface area is 174 Å². The zero-order chi connectivity index (χ0) is 21.4. The first kappa shape index (κ1) is 22.6. The Hall–Kier alpha value is -2.66. The maximum absolute atomic E-state index is 12.4. The Morgan fingerprint density at radius 3 is 1.90 bits per heavy atom. The molecule has 0 saturated heterocycles. The number of carbonyl (C=O) groups is 2. The van der Waals surface area contributed by atoms with Gasteiger partial charge in [-0.05, 0) is 42.2 Å². The van der Waals surface area contributed by atoms with Crippen molar-refractivity contribution in [3.8, 4) is 0 Å². The first-order valence-corrected chi connectivity index (χ1v) is 10.3. The molecule has 0 aliphatic rings. The van der Waals surface area contributed by atoms with Crippen molar-refractivity contribution < 1.29 is 14.9 Å². The molecule has 2 rings (SSSR count). The summed E-state index contributed by atoms with van der Waals surface area (Å²) < 4.78 is 0. The van der Waals surface area contributed by atoms with Crippen LogP contribution in [0.25, 0.3) is 0 Å². The van der Waals surface area contributed by atoms with Crippen LogP contribution in [0.15, 0.2) is 48.5 Å². The molecular formula is C24H34N3O2+. The third-order valence-corrected chi connectivity index (χ3v) is 4.77. The lowest BCUT2D eigenvalue weighted by molar-refractivity contribution is -0.692. The molecule has 4 N–H and O–H groups in total. The first-order valence-electron chi connectivity index (χ1n) is 10.3. The van der Waals surface area contributed by atoms with Crippen LogP contribution >= 0.6 is 0 Å². The SMILES string of the molecule is CC(=O)Nc1ccc(NC(=O)C[NH2+][C@H](c2ccc(CC(C)C)cc2)C(C)C)cc1. The van der Waals surface area contributed by atoms with Crippen molar-refractivity contribution in [2.75, 3.05) is 17.2 Å². The second-order valence-corrected chi connectivity index (χ2v) is 8.36. The zero-order valence-electron chi connectivity index (χ0n) is 18.2. The van der Waals surface area contributed by atoms with E-state index in [-0.39, 0.29) is 17.9 Å². The van der Waals surface area contributed by atoms with Crippen molar-refractivity contribution >= 4 is 23.2 Å². The van der Waals surface area contributed by atoms with Crippen LogP contribution in [0.3, 0.4) is 0 Å². The van der Waals surface area contributed by atoms with Crippen molar-refractivity contribution in [3.05, 3.63) is 59.7 Å². The first-order chi connectivity index (χ1) is 13.7. The third-order valence-electron chi connectivity index (χ3n) is 4.77. The number of rotatable bonds is 9. The van der Waals surface area contributed by atoms with Crippen LogP contribution in [0.2, 0.25) is 0 Å². The Morgan fingerprint density at radius 2 is 1.41 bits per heavy atom. The quantitative estimate of drug-likeness (QED) is 0.604. The normalized spacial score (nSPS) is 12.1. The van der Waals surface area contributed by atoms with Gasteiger partial charge < -0.3 is 16.0 Å². The molecule has 0 bridgehead atoms. The zero-order valence-corrected chi connectivity index (χ0v) is 18.2. The highest BCUT2D eigenvalue weighted by Crippen LogP contribution is 2.19. The standard InChI is InChI=1S/C24H33N3O2/c1-16(2)14-19-6-8-20(9-7-19)24(17(3)4)25-15-23(29)27-22-12-10-21(11-13-22)26-18(5)28/h6-13,16-17,24-25H,14-15H2,1-5H3,(H,26,28)(H,27,29)/p+1/t24-/m0/s1. The molecule has 1 atom stereocenters. The molecule has 0 fully saturated rings. The summed E-state index contributed by atoms with van der Waals surface area (Å²) in [4.78, 5) is 23.5. The number of hydrogen-bond donors (Lipinski definition) is 3. The van der Waals surface area contributed by atoms with Gasteiger partial charge in [0, 0.05) is 29.8 Å². The van der Waals surface area contributed by atoms with Gasteiger partial charge in [-0.2, -0.15) is 0 Å². The summed E-state index contributed by atoms with van der Waals surface area (Å²) in [6.45, 7) is 10.6. The van der Waals surface area contributed by atoms with Crippen molar-refractivity contribution in [2.24, 2.45) is 11.8 Å². The summed E-state index contributed by atoms with van der Waals surface area (Å²) in [5.41, 5.74) is 4.03. The van der Waals surface area contributed by atoms with Gasteiger partial charge in [0.1, 0.15) is 6.04 Å². The van der Waals surface area contributed by atoms with Crippen LogP contribution in [-0.2, 0) is 16.0 Å². The van der Waals surface area contributed by atoms with Gasteiger partial charge in [0.25, 0.3) is 5.91 Å². The maximum atomic E-state index is 12.4. The number of carbonyl (C=O) groups excluding carboxylic acids is 2. The largest absolute Gasteiger partial charge is 0.332 e. The van der Waals surface area contributed by atoms with Gasteiger partial charge in [-0.1, -0.05) is 52.0 Å². The topological polar surface area (TPSA) is 74.8 Å². The van der Waals surface area contributed by atoms with Gasteiger partial charge in [0.2, 0.25) is 5.91 Å². The fraction of sp³-hybridized carbons (Fsp3) is 0.417. The molecule has 0 aliphatic heterocycles. The van der Waals surface area contributed by atoms with E-state index in [0.29, 0.717) is 24.1 Å². The Kier molecular flexibility index (Phi) is 8.40. The Bertz CT molecular complexity index is 796. The molecule has 5 nitrogen and oxygen atoms in total. The highest BCUT2D eigenvalue weighted by atomic mass is 16.2. The number of nitrogens with two attached hydrogens (primary N) is 1. The lowest BCUT2D eigenvalue weighted by Gasteiger charge is -2.20. The highest BCUT2D eigenvalue weighted by Gasteiger charge is 2.20. The second-order valence-electron chi connectivity index (χ2n) is 8.36. The second kappa shape index (κ2) is 10.8. The number of amides is 2. The van der Waals surface area contributed by atoms with Crippen molar-refractivity contribution in [3.63, 3.8) is 0 Å². The van der Waals surface area contributed by atoms with Gasteiger partial charge >= 0.3 is 0 Å². The van der Waals surface area contributed by atoms with Crippen molar-refractivity contribution in [2.45, 2.75) is 47.1 Å². The summed E-state index contributed by atoms with van der Waals surface area (Å²) in [7, 11) is 0. The van der Waals surface area contributed by atoms with E-state index in [1.807, 2.05) is 0 Å². The van der Waals surface area contributed by atoms with Crippen LogP contribution in [0.1, 0.15) is 51.8 Å². The van der Waals surface area contributed by atoms with E-state index >= 15 is 0 Å². The van der Waals surface area contributed by atoms with E-state index in [0.717, 1.165) is 12.1 Å².